The van der Waals surface area contributed by atoms with Crippen LogP contribution in [0.3, 0.4) is 0 Å². The number of aryl methyl sites for hydroxylation is 2. The van der Waals surface area contributed by atoms with Crippen molar-refractivity contribution < 1.29 is 13.9 Å². The van der Waals surface area contributed by atoms with E-state index in [-0.39, 0.29) is 11.3 Å². The number of aromatic nitrogens is 1. The predicted molar refractivity (Wildman–Crippen MR) is 151 cm³/mol. The molecule has 0 aliphatic carbocycles. The average molecular weight is 524 g/mol. The zero-order valence-electron chi connectivity index (χ0n) is 20.5. The molecule has 5 nitrogen and oxygen atoms in total. The summed E-state index contributed by atoms with van der Waals surface area (Å²) in [5, 5.41) is 13.4. The lowest BCUT2D eigenvalue weighted by molar-refractivity contribution is -0.113. The SMILES string of the molecule is COc1cc(CCCSC)cc(NC(C(=O)C(=N)/C(=C\S)c2cccc(F)c2)c2ccc(C)nc2)c1. The highest BCUT2D eigenvalue weighted by Crippen LogP contribution is 2.29. The number of carbonyl (C=O) groups excluding carboxylic acids is 1. The third-order valence-corrected chi connectivity index (χ3v) is 6.59. The molecule has 0 bridgehead atoms. The number of ether oxygens (including phenoxy) is 1. The van der Waals surface area contributed by atoms with Crippen LogP contribution in [0.15, 0.2) is 66.2 Å². The Kier molecular flexibility index (Phi) is 10.1. The van der Waals surface area contributed by atoms with Gasteiger partial charge in [-0.1, -0.05) is 18.2 Å². The van der Waals surface area contributed by atoms with E-state index in [9.17, 15) is 9.18 Å². The van der Waals surface area contributed by atoms with Gasteiger partial charge in [0, 0.05) is 34.8 Å². The molecule has 0 aliphatic rings. The standard InChI is InChI=1S/C28H30FN3O2S2/c1-18-9-10-21(16-31-18)27(28(33)26(30)25(17-35)20-7-4-8-22(29)14-20)32-23-12-19(6-5-11-36-3)13-24(15-23)34-2/h4,7-10,12-17,27,30,32,35H,5-6,11H2,1-3H3/b25-17-,30-26?. The van der Waals surface area contributed by atoms with Gasteiger partial charge in [0.15, 0.2) is 0 Å². The van der Waals surface area contributed by atoms with E-state index in [0.717, 1.165) is 29.9 Å². The van der Waals surface area contributed by atoms with Crippen LogP contribution in [0.1, 0.15) is 34.8 Å². The maximum Gasteiger partial charge on any atom is 0.207 e. The number of pyridine rings is 1. The summed E-state index contributed by atoms with van der Waals surface area (Å²) in [6, 6.07) is 14.3. The Labute approximate surface area is 221 Å². The van der Waals surface area contributed by atoms with Gasteiger partial charge in [-0.05, 0) is 78.6 Å². The van der Waals surface area contributed by atoms with Crippen molar-refractivity contribution in [2.75, 3.05) is 24.4 Å². The van der Waals surface area contributed by atoms with E-state index in [0.29, 0.717) is 22.6 Å². The Morgan fingerprint density at radius 3 is 2.69 bits per heavy atom. The summed E-state index contributed by atoms with van der Waals surface area (Å²) in [5.74, 6) is 0.782. The zero-order chi connectivity index (χ0) is 26.1. The molecule has 0 saturated heterocycles. The summed E-state index contributed by atoms with van der Waals surface area (Å²) < 4.78 is 19.4. The van der Waals surface area contributed by atoms with Crippen molar-refractivity contribution in [2.24, 2.45) is 0 Å². The van der Waals surface area contributed by atoms with Gasteiger partial charge in [0.1, 0.15) is 23.3 Å². The molecule has 2 aromatic carbocycles. The first-order chi connectivity index (χ1) is 17.4. The molecule has 2 N–H and O–H groups in total. The molecule has 0 spiro atoms. The number of methoxy groups -OCH3 is 1. The quantitative estimate of drug-likeness (QED) is 0.143. The number of carbonyl (C=O) groups is 1. The summed E-state index contributed by atoms with van der Waals surface area (Å²) in [7, 11) is 1.61. The van der Waals surface area contributed by atoms with Gasteiger partial charge in [-0.15, -0.1) is 0 Å². The van der Waals surface area contributed by atoms with Crippen molar-refractivity contribution in [3.8, 4) is 5.75 Å². The highest BCUT2D eigenvalue weighted by molar-refractivity contribution is 7.98. The summed E-state index contributed by atoms with van der Waals surface area (Å²) >= 11 is 6.01. The minimum Gasteiger partial charge on any atom is -0.497 e. The summed E-state index contributed by atoms with van der Waals surface area (Å²) in [4.78, 5) is 18.1. The van der Waals surface area contributed by atoms with Crippen LogP contribution >= 0.6 is 24.4 Å². The topological polar surface area (TPSA) is 75.1 Å². The minimum absolute atomic E-state index is 0.234. The number of rotatable bonds is 12. The molecule has 0 saturated carbocycles. The molecule has 3 aromatic rings. The number of hydrogen-bond donors (Lipinski definition) is 3. The molecule has 36 heavy (non-hydrogen) atoms. The number of hydrogen-bond acceptors (Lipinski definition) is 7. The van der Waals surface area contributed by atoms with E-state index < -0.39 is 17.6 Å². The Hall–Kier alpha value is -3.10. The fourth-order valence-corrected chi connectivity index (χ4v) is 4.47. The monoisotopic (exact) mass is 523 g/mol. The Morgan fingerprint density at radius 2 is 2.06 bits per heavy atom. The Morgan fingerprint density at radius 1 is 1.25 bits per heavy atom. The third-order valence-electron chi connectivity index (χ3n) is 5.64. The lowest BCUT2D eigenvalue weighted by Crippen LogP contribution is -2.28. The average Bonchev–Trinajstić information content (AvgIpc) is 2.88. The number of thiol groups is 1. The maximum absolute atomic E-state index is 13.9. The van der Waals surface area contributed by atoms with Crippen molar-refractivity contribution in [1.82, 2.24) is 4.98 Å². The minimum atomic E-state index is -0.895. The molecule has 1 heterocycles. The smallest absolute Gasteiger partial charge is 0.207 e. The van der Waals surface area contributed by atoms with Crippen molar-refractivity contribution in [1.29, 1.82) is 5.41 Å². The van der Waals surface area contributed by atoms with Gasteiger partial charge < -0.3 is 10.1 Å². The zero-order valence-corrected chi connectivity index (χ0v) is 22.3. The molecule has 0 fully saturated rings. The van der Waals surface area contributed by atoms with E-state index in [1.807, 2.05) is 37.3 Å². The second-order valence-electron chi connectivity index (χ2n) is 8.27. The van der Waals surface area contributed by atoms with Crippen LogP contribution in [0.2, 0.25) is 0 Å². The first-order valence-corrected chi connectivity index (χ1v) is 13.4. The lowest BCUT2D eigenvalue weighted by atomic mass is 9.93. The summed E-state index contributed by atoms with van der Waals surface area (Å²) in [6.07, 6.45) is 5.60. The number of allylic oxidation sites excluding steroid dienone is 1. The van der Waals surface area contributed by atoms with Gasteiger partial charge in [-0.25, -0.2) is 4.39 Å². The molecule has 0 radical (unpaired) electrons. The number of nitrogens with one attached hydrogen (secondary N) is 2. The molecule has 3 rings (SSSR count). The van der Waals surface area contributed by atoms with E-state index in [4.69, 9.17) is 10.1 Å². The van der Waals surface area contributed by atoms with Gasteiger partial charge in [0.25, 0.3) is 0 Å². The lowest BCUT2D eigenvalue weighted by Gasteiger charge is -2.21. The summed E-state index contributed by atoms with van der Waals surface area (Å²) in [6.45, 7) is 1.87. The fourth-order valence-electron chi connectivity index (χ4n) is 3.76. The number of halogens is 1. The second kappa shape index (κ2) is 13.3. The molecular formula is C28H30FN3O2S2. The van der Waals surface area contributed by atoms with Crippen LogP contribution < -0.4 is 10.1 Å². The Bertz CT molecular complexity index is 1250. The van der Waals surface area contributed by atoms with Crippen molar-refractivity contribution in [2.45, 2.75) is 25.8 Å². The number of Topliss-reactive ketones (excluding diaryl/α,β-unsaturated/α-hetero) is 1. The largest absolute Gasteiger partial charge is 0.497 e. The van der Waals surface area contributed by atoms with Crippen LogP contribution in [0.25, 0.3) is 5.57 Å². The highest BCUT2D eigenvalue weighted by Gasteiger charge is 2.27. The van der Waals surface area contributed by atoms with Gasteiger partial charge in [0.2, 0.25) is 5.78 Å². The van der Waals surface area contributed by atoms with Crippen LogP contribution in [0, 0.1) is 18.2 Å². The van der Waals surface area contributed by atoms with Crippen molar-refractivity contribution in [3.05, 3.63) is 94.4 Å². The van der Waals surface area contributed by atoms with Gasteiger partial charge in [0.05, 0.1) is 7.11 Å². The predicted octanol–water partition coefficient (Wildman–Crippen LogP) is 6.55. The molecule has 1 atom stereocenters. The fraction of sp³-hybridized carbons (Fsp3) is 0.250. The van der Waals surface area contributed by atoms with Crippen LogP contribution in [0.4, 0.5) is 10.1 Å². The number of thioether (sulfide) groups is 1. The first kappa shape index (κ1) is 27.5. The van der Waals surface area contributed by atoms with Gasteiger partial charge in [-0.2, -0.15) is 24.4 Å². The maximum atomic E-state index is 13.9. The second-order valence-corrected chi connectivity index (χ2v) is 9.51. The highest BCUT2D eigenvalue weighted by atomic mass is 32.2. The number of nitrogens with zero attached hydrogens (tertiary/aromatic N) is 1. The van der Waals surface area contributed by atoms with Crippen LogP contribution in [-0.4, -0.2) is 35.6 Å². The molecule has 1 aromatic heterocycles. The molecule has 188 valence electrons. The molecule has 1 unspecified atom stereocenters. The number of ketones is 1. The van der Waals surface area contributed by atoms with Crippen LogP contribution in [-0.2, 0) is 11.2 Å². The molecule has 8 heteroatoms. The normalized spacial score (nSPS) is 12.2. The summed E-state index contributed by atoms with van der Waals surface area (Å²) in [5.41, 5.74) is 3.57. The molecule has 0 aliphatic heterocycles. The number of anilines is 1. The van der Waals surface area contributed by atoms with Crippen LogP contribution in [0.5, 0.6) is 5.75 Å². The number of benzene rings is 2. The Balaban J connectivity index is 1.98. The molecular weight excluding hydrogens is 493 g/mol. The van der Waals surface area contributed by atoms with E-state index in [1.54, 1.807) is 31.1 Å². The molecule has 0 amide bonds. The van der Waals surface area contributed by atoms with E-state index in [1.165, 1.54) is 23.6 Å². The van der Waals surface area contributed by atoms with Gasteiger partial charge in [-0.3, -0.25) is 15.2 Å². The first-order valence-electron chi connectivity index (χ1n) is 11.5. The van der Waals surface area contributed by atoms with E-state index >= 15 is 0 Å². The van der Waals surface area contributed by atoms with E-state index in [2.05, 4.69) is 29.2 Å². The van der Waals surface area contributed by atoms with Gasteiger partial charge >= 0.3 is 0 Å². The third kappa shape index (κ3) is 7.21. The van der Waals surface area contributed by atoms with Crippen molar-refractivity contribution >= 4 is 47.1 Å². The van der Waals surface area contributed by atoms with Crippen molar-refractivity contribution in [3.63, 3.8) is 0 Å².